The molecular weight excluding hydrogens is 368 g/mol. The third-order valence-corrected chi connectivity index (χ3v) is 5.73. The Balaban J connectivity index is 1.34. The van der Waals surface area contributed by atoms with Crippen LogP contribution in [0, 0.1) is 0 Å². The van der Waals surface area contributed by atoms with E-state index in [9.17, 15) is 0 Å². The lowest BCUT2D eigenvalue weighted by molar-refractivity contribution is 0.390. The molecule has 4 heteroatoms. The minimum absolute atomic E-state index is 0.198. The zero-order chi connectivity index (χ0) is 20.2. The smallest absolute Gasteiger partial charge is 0.0815 e. The molecular formula is C26H24N4. The molecule has 1 aliphatic carbocycles. The summed E-state index contributed by atoms with van der Waals surface area (Å²) in [5, 5.41) is 2.30. The van der Waals surface area contributed by atoms with Crippen LogP contribution in [0.2, 0.25) is 0 Å². The highest BCUT2D eigenvalue weighted by atomic mass is 14.9. The summed E-state index contributed by atoms with van der Waals surface area (Å²) in [6.45, 7) is 0. The van der Waals surface area contributed by atoms with Gasteiger partial charge in [0.25, 0.3) is 0 Å². The molecule has 2 unspecified atom stereocenters. The molecule has 1 saturated carbocycles. The second-order valence-corrected chi connectivity index (χ2v) is 7.83. The zero-order valence-electron chi connectivity index (χ0n) is 16.9. The van der Waals surface area contributed by atoms with Crippen LogP contribution in [-0.4, -0.2) is 34.5 Å². The van der Waals surface area contributed by atoms with Gasteiger partial charge in [0.05, 0.1) is 34.5 Å². The monoisotopic (exact) mass is 392 g/mol. The van der Waals surface area contributed by atoms with Crippen molar-refractivity contribution in [2.24, 2.45) is 9.98 Å². The summed E-state index contributed by atoms with van der Waals surface area (Å²) in [6, 6.07) is 25.0. The van der Waals surface area contributed by atoms with E-state index in [0.29, 0.717) is 0 Å². The van der Waals surface area contributed by atoms with Crippen molar-refractivity contribution in [2.75, 3.05) is 0 Å². The number of hydrogen-bond donors (Lipinski definition) is 0. The van der Waals surface area contributed by atoms with Crippen LogP contribution in [0.3, 0.4) is 0 Å². The van der Waals surface area contributed by atoms with E-state index in [1.54, 1.807) is 0 Å². The average molecular weight is 393 g/mol. The van der Waals surface area contributed by atoms with Gasteiger partial charge in [-0.05, 0) is 37.1 Å². The minimum atomic E-state index is 0.198. The second-order valence-electron chi connectivity index (χ2n) is 7.83. The number of nitrogens with zero attached hydrogens (tertiary/aromatic N) is 4. The first-order valence-corrected chi connectivity index (χ1v) is 10.6. The van der Waals surface area contributed by atoms with E-state index in [0.717, 1.165) is 46.0 Å². The van der Waals surface area contributed by atoms with E-state index in [4.69, 9.17) is 20.0 Å². The molecule has 0 spiro atoms. The summed E-state index contributed by atoms with van der Waals surface area (Å²) < 4.78 is 0. The largest absolute Gasteiger partial charge is 0.285 e. The summed E-state index contributed by atoms with van der Waals surface area (Å²) >= 11 is 0. The molecule has 0 aliphatic heterocycles. The van der Waals surface area contributed by atoms with Crippen molar-refractivity contribution >= 4 is 34.2 Å². The lowest BCUT2D eigenvalue weighted by Crippen LogP contribution is -2.27. The van der Waals surface area contributed by atoms with Crippen molar-refractivity contribution in [1.29, 1.82) is 0 Å². The minimum Gasteiger partial charge on any atom is -0.285 e. The molecule has 0 N–H and O–H groups in total. The SMILES string of the molecule is C(=N/C1CCCCC1/N=C\c1ccc2ccccc2n1)/c1ccc2ccccc2n1. The molecule has 4 aromatic rings. The predicted octanol–water partition coefficient (Wildman–Crippen LogP) is 5.63. The highest BCUT2D eigenvalue weighted by Crippen LogP contribution is 2.24. The lowest BCUT2D eigenvalue weighted by atomic mass is 9.91. The molecule has 148 valence electrons. The highest BCUT2D eigenvalue weighted by molar-refractivity contribution is 5.86. The first kappa shape index (κ1) is 18.6. The maximum absolute atomic E-state index is 4.88. The number of para-hydroxylation sites is 2. The van der Waals surface area contributed by atoms with Crippen molar-refractivity contribution in [3.05, 3.63) is 84.2 Å². The third kappa shape index (κ3) is 4.13. The number of aliphatic imine (C=N–C) groups is 2. The molecule has 0 amide bonds. The zero-order valence-corrected chi connectivity index (χ0v) is 16.9. The van der Waals surface area contributed by atoms with Crippen LogP contribution in [0.1, 0.15) is 37.1 Å². The number of aromatic nitrogens is 2. The van der Waals surface area contributed by atoms with Crippen molar-refractivity contribution in [3.63, 3.8) is 0 Å². The van der Waals surface area contributed by atoms with E-state index in [2.05, 4.69) is 24.3 Å². The van der Waals surface area contributed by atoms with Crippen LogP contribution < -0.4 is 0 Å². The average Bonchev–Trinajstić information content (AvgIpc) is 2.81. The van der Waals surface area contributed by atoms with Crippen LogP contribution in [-0.2, 0) is 0 Å². The molecule has 2 atom stereocenters. The summed E-state index contributed by atoms with van der Waals surface area (Å²) in [5.74, 6) is 0. The molecule has 2 aromatic carbocycles. The summed E-state index contributed by atoms with van der Waals surface area (Å²) in [4.78, 5) is 19.2. The Morgan fingerprint density at radius 2 is 1.07 bits per heavy atom. The Bertz CT molecular complexity index is 1130. The molecule has 2 aromatic heterocycles. The molecule has 30 heavy (non-hydrogen) atoms. The van der Waals surface area contributed by atoms with Gasteiger partial charge in [-0.2, -0.15) is 0 Å². The van der Waals surface area contributed by atoms with E-state index in [-0.39, 0.29) is 12.1 Å². The fraction of sp³-hybridized carbons (Fsp3) is 0.231. The Kier molecular flexibility index (Phi) is 5.30. The Labute approximate surface area is 176 Å². The summed E-state index contributed by atoms with van der Waals surface area (Å²) in [5.41, 5.74) is 3.81. The van der Waals surface area contributed by atoms with Gasteiger partial charge in [-0.15, -0.1) is 0 Å². The van der Waals surface area contributed by atoms with Crippen molar-refractivity contribution in [2.45, 2.75) is 37.8 Å². The van der Waals surface area contributed by atoms with Gasteiger partial charge in [0.2, 0.25) is 0 Å². The van der Waals surface area contributed by atoms with Crippen LogP contribution in [0.25, 0.3) is 21.8 Å². The van der Waals surface area contributed by atoms with Crippen LogP contribution in [0.4, 0.5) is 0 Å². The molecule has 4 nitrogen and oxygen atoms in total. The highest BCUT2D eigenvalue weighted by Gasteiger charge is 2.23. The normalized spacial score (nSPS) is 19.9. The van der Waals surface area contributed by atoms with Crippen molar-refractivity contribution < 1.29 is 0 Å². The molecule has 2 heterocycles. The lowest BCUT2D eigenvalue weighted by Gasteiger charge is -2.25. The second kappa shape index (κ2) is 8.54. The fourth-order valence-corrected chi connectivity index (χ4v) is 4.09. The summed E-state index contributed by atoms with van der Waals surface area (Å²) in [7, 11) is 0. The van der Waals surface area contributed by atoms with Gasteiger partial charge >= 0.3 is 0 Å². The number of rotatable bonds is 4. The molecule has 0 saturated heterocycles. The molecule has 1 aliphatic rings. The van der Waals surface area contributed by atoms with Gasteiger partial charge in [-0.3, -0.25) is 9.98 Å². The van der Waals surface area contributed by atoms with Gasteiger partial charge in [0.15, 0.2) is 0 Å². The number of fused-ring (bicyclic) bond motifs is 2. The Morgan fingerprint density at radius 3 is 1.57 bits per heavy atom. The molecule has 0 radical (unpaired) electrons. The Hall–Kier alpha value is -3.40. The van der Waals surface area contributed by atoms with Gasteiger partial charge < -0.3 is 0 Å². The quantitative estimate of drug-likeness (QED) is 0.423. The van der Waals surface area contributed by atoms with Gasteiger partial charge in [-0.1, -0.05) is 61.4 Å². The van der Waals surface area contributed by atoms with Crippen molar-refractivity contribution in [1.82, 2.24) is 9.97 Å². The number of hydrogen-bond acceptors (Lipinski definition) is 4. The fourth-order valence-electron chi connectivity index (χ4n) is 4.09. The van der Waals surface area contributed by atoms with Gasteiger partial charge in [0, 0.05) is 23.2 Å². The van der Waals surface area contributed by atoms with Crippen LogP contribution >= 0.6 is 0 Å². The Morgan fingerprint density at radius 1 is 0.600 bits per heavy atom. The third-order valence-electron chi connectivity index (χ3n) is 5.73. The van der Waals surface area contributed by atoms with E-state index in [1.165, 1.54) is 12.8 Å². The predicted molar refractivity (Wildman–Crippen MR) is 125 cm³/mol. The molecule has 0 bridgehead atoms. The van der Waals surface area contributed by atoms with E-state index < -0.39 is 0 Å². The van der Waals surface area contributed by atoms with Crippen LogP contribution in [0.5, 0.6) is 0 Å². The van der Waals surface area contributed by atoms with Gasteiger partial charge in [0.1, 0.15) is 0 Å². The molecule has 1 fully saturated rings. The maximum Gasteiger partial charge on any atom is 0.0815 e. The number of benzene rings is 2. The van der Waals surface area contributed by atoms with Crippen LogP contribution in [0.15, 0.2) is 82.8 Å². The van der Waals surface area contributed by atoms with E-state index in [1.807, 2.05) is 61.0 Å². The standard InChI is InChI=1S/C26H24N4/c1-3-9-23-19(7-1)13-15-21(29-23)17-27-25-11-5-6-12-26(25)28-18-22-16-14-20-8-2-4-10-24(20)30-22/h1-4,7-10,13-18,25-26H,5-6,11-12H2/b27-17-,28-18-. The number of pyridine rings is 2. The van der Waals surface area contributed by atoms with E-state index >= 15 is 0 Å². The summed E-state index contributed by atoms with van der Waals surface area (Å²) in [6.07, 6.45) is 8.37. The molecule has 5 rings (SSSR count). The first-order valence-electron chi connectivity index (χ1n) is 10.6. The maximum atomic E-state index is 4.88. The van der Waals surface area contributed by atoms with Crippen molar-refractivity contribution in [3.8, 4) is 0 Å². The topological polar surface area (TPSA) is 50.5 Å². The van der Waals surface area contributed by atoms with Gasteiger partial charge in [-0.25, -0.2) is 9.97 Å². The first-order chi connectivity index (χ1) is 14.8.